The van der Waals surface area contributed by atoms with Crippen LogP contribution >= 0.6 is 15.9 Å². The van der Waals surface area contributed by atoms with Crippen LogP contribution < -0.4 is 0 Å². The molecule has 0 atom stereocenters. The number of carbonyl (C=O) groups excluding carboxylic acids is 1. The molecule has 8 heteroatoms. The van der Waals surface area contributed by atoms with Crippen LogP contribution in [-0.4, -0.2) is 57.7 Å². The SMILES string of the molecule is O=C(C1CCC(c2nnc3n2-c2ccc(Br)cc2CC2(C3)OCCO2)CC1)N1CCCCC1. The van der Waals surface area contributed by atoms with Gasteiger partial charge < -0.3 is 14.4 Å². The lowest BCUT2D eigenvalue weighted by molar-refractivity contribution is -0.155. The highest BCUT2D eigenvalue weighted by Crippen LogP contribution is 2.41. The zero-order valence-electron chi connectivity index (χ0n) is 19.0. The van der Waals surface area contributed by atoms with Crippen molar-refractivity contribution in [2.45, 2.75) is 69.5 Å². The molecule has 1 amide bonds. The summed E-state index contributed by atoms with van der Waals surface area (Å²) in [6, 6.07) is 6.39. The summed E-state index contributed by atoms with van der Waals surface area (Å²) in [6.45, 7) is 3.10. The molecule has 3 fully saturated rings. The summed E-state index contributed by atoms with van der Waals surface area (Å²) >= 11 is 3.63. The lowest BCUT2D eigenvalue weighted by Crippen LogP contribution is -2.40. The molecule has 0 radical (unpaired) electrons. The number of amides is 1. The van der Waals surface area contributed by atoms with E-state index in [0.29, 0.717) is 37.9 Å². The summed E-state index contributed by atoms with van der Waals surface area (Å²) in [6.07, 6.45) is 8.67. The quantitative estimate of drug-likeness (QED) is 0.601. The number of hydrogen-bond acceptors (Lipinski definition) is 5. The number of halogens is 1. The summed E-state index contributed by atoms with van der Waals surface area (Å²) < 4.78 is 15.5. The number of ether oxygens (including phenoxy) is 2. The maximum absolute atomic E-state index is 13.0. The van der Waals surface area contributed by atoms with Gasteiger partial charge in [-0.05, 0) is 68.7 Å². The largest absolute Gasteiger partial charge is 0.347 e. The molecule has 176 valence electrons. The number of nitrogens with zero attached hydrogens (tertiary/aromatic N) is 4. The van der Waals surface area contributed by atoms with Crippen molar-refractivity contribution in [2.75, 3.05) is 26.3 Å². The number of piperidine rings is 1. The summed E-state index contributed by atoms with van der Waals surface area (Å²) in [5.41, 5.74) is 2.30. The van der Waals surface area contributed by atoms with Gasteiger partial charge in [-0.2, -0.15) is 0 Å². The highest BCUT2D eigenvalue weighted by Gasteiger charge is 2.43. The van der Waals surface area contributed by atoms with Crippen molar-refractivity contribution in [3.63, 3.8) is 0 Å². The van der Waals surface area contributed by atoms with Gasteiger partial charge in [-0.1, -0.05) is 15.9 Å². The number of likely N-dealkylation sites (tertiary alicyclic amines) is 1. The lowest BCUT2D eigenvalue weighted by atomic mass is 9.80. The first-order valence-corrected chi connectivity index (χ1v) is 13.2. The maximum atomic E-state index is 13.0. The van der Waals surface area contributed by atoms with Crippen LogP contribution in [0.5, 0.6) is 0 Å². The molecule has 6 rings (SSSR count). The zero-order chi connectivity index (χ0) is 22.4. The van der Waals surface area contributed by atoms with Gasteiger partial charge in [0.05, 0.1) is 25.3 Å². The molecule has 1 aliphatic carbocycles. The predicted molar refractivity (Wildman–Crippen MR) is 126 cm³/mol. The third-order valence-electron chi connectivity index (χ3n) is 7.85. The standard InChI is InChI=1S/C25H31BrN4O3/c26-20-8-9-21-19(14-20)15-25(32-12-13-33-25)16-22-27-28-23(30(21)22)17-4-6-18(7-5-17)24(31)29-10-2-1-3-11-29/h8-9,14,17-18H,1-7,10-13,15-16H2. The summed E-state index contributed by atoms with van der Waals surface area (Å²) in [4.78, 5) is 15.1. The van der Waals surface area contributed by atoms with E-state index >= 15 is 0 Å². The number of carbonyl (C=O) groups is 1. The molecule has 0 unspecified atom stereocenters. The fourth-order valence-corrected chi connectivity index (χ4v) is 6.56. The molecule has 7 nitrogen and oxygen atoms in total. The molecule has 1 saturated carbocycles. The molecule has 1 spiro atoms. The van der Waals surface area contributed by atoms with Gasteiger partial charge in [0.2, 0.25) is 5.91 Å². The van der Waals surface area contributed by atoms with Crippen molar-refractivity contribution in [3.8, 4) is 5.69 Å². The van der Waals surface area contributed by atoms with Crippen LogP contribution in [0.1, 0.15) is 68.1 Å². The summed E-state index contributed by atoms with van der Waals surface area (Å²) in [5.74, 6) is 2.12. The van der Waals surface area contributed by atoms with E-state index in [1.807, 2.05) is 0 Å². The molecule has 4 heterocycles. The van der Waals surface area contributed by atoms with Gasteiger partial charge in [0.25, 0.3) is 0 Å². The minimum atomic E-state index is -0.660. The van der Waals surface area contributed by atoms with Crippen molar-refractivity contribution >= 4 is 21.8 Å². The van der Waals surface area contributed by atoms with Gasteiger partial charge in [-0.15, -0.1) is 10.2 Å². The zero-order valence-corrected chi connectivity index (χ0v) is 20.6. The van der Waals surface area contributed by atoms with E-state index in [-0.39, 0.29) is 5.92 Å². The fourth-order valence-electron chi connectivity index (χ4n) is 6.15. The van der Waals surface area contributed by atoms with Gasteiger partial charge in [0, 0.05) is 35.8 Å². The number of fused-ring (bicyclic) bond motifs is 3. The van der Waals surface area contributed by atoms with Gasteiger partial charge in [0.1, 0.15) is 11.6 Å². The third-order valence-corrected chi connectivity index (χ3v) is 8.34. The smallest absolute Gasteiger partial charge is 0.225 e. The van der Waals surface area contributed by atoms with Crippen molar-refractivity contribution in [3.05, 3.63) is 39.9 Å². The Hall–Kier alpha value is -1.77. The van der Waals surface area contributed by atoms with E-state index in [0.717, 1.165) is 73.4 Å². The maximum Gasteiger partial charge on any atom is 0.225 e. The second kappa shape index (κ2) is 8.78. The molecule has 2 saturated heterocycles. The van der Waals surface area contributed by atoms with E-state index in [9.17, 15) is 4.79 Å². The van der Waals surface area contributed by atoms with Gasteiger partial charge in [0.15, 0.2) is 5.79 Å². The molecule has 0 bridgehead atoms. The minimum Gasteiger partial charge on any atom is -0.347 e. The third kappa shape index (κ3) is 4.04. The van der Waals surface area contributed by atoms with E-state index in [1.54, 1.807) is 0 Å². The van der Waals surface area contributed by atoms with E-state index < -0.39 is 5.79 Å². The summed E-state index contributed by atoms with van der Waals surface area (Å²) in [7, 11) is 0. The van der Waals surface area contributed by atoms with Gasteiger partial charge in [-0.25, -0.2) is 0 Å². The van der Waals surface area contributed by atoms with E-state index in [2.05, 4.69) is 48.7 Å². The van der Waals surface area contributed by atoms with Crippen LogP contribution in [0.4, 0.5) is 0 Å². The first kappa shape index (κ1) is 21.7. The van der Waals surface area contributed by atoms with Crippen molar-refractivity contribution in [2.24, 2.45) is 5.92 Å². The van der Waals surface area contributed by atoms with Crippen LogP contribution in [0.2, 0.25) is 0 Å². The highest BCUT2D eigenvalue weighted by atomic mass is 79.9. The Bertz CT molecular complexity index is 1030. The van der Waals surface area contributed by atoms with Crippen LogP contribution in [0.25, 0.3) is 5.69 Å². The van der Waals surface area contributed by atoms with Crippen LogP contribution in [0, 0.1) is 5.92 Å². The monoisotopic (exact) mass is 514 g/mol. The Labute approximate surface area is 203 Å². The van der Waals surface area contributed by atoms with Crippen molar-refractivity contribution < 1.29 is 14.3 Å². The molecular formula is C25H31BrN4O3. The normalized spacial score (nSPS) is 26.6. The lowest BCUT2D eigenvalue weighted by Gasteiger charge is -2.33. The second-order valence-electron chi connectivity index (χ2n) is 9.98. The summed E-state index contributed by atoms with van der Waals surface area (Å²) in [5, 5.41) is 9.32. The van der Waals surface area contributed by atoms with Crippen LogP contribution in [-0.2, 0) is 27.1 Å². The first-order valence-electron chi connectivity index (χ1n) is 12.4. The van der Waals surface area contributed by atoms with E-state index in [1.165, 1.54) is 12.0 Å². The Morgan fingerprint density at radius 3 is 2.52 bits per heavy atom. The Kier molecular flexibility index (Phi) is 5.79. The fraction of sp³-hybridized carbons (Fsp3) is 0.640. The van der Waals surface area contributed by atoms with Gasteiger partial charge >= 0.3 is 0 Å². The molecular weight excluding hydrogens is 484 g/mol. The topological polar surface area (TPSA) is 69.5 Å². The second-order valence-corrected chi connectivity index (χ2v) is 10.9. The first-order chi connectivity index (χ1) is 16.1. The Balaban J connectivity index is 1.26. The number of rotatable bonds is 2. The molecule has 2 aromatic rings. The number of hydrogen-bond donors (Lipinski definition) is 0. The van der Waals surface area contributed by atoms with Crippen LogP contribution in [0.3, 0.4) is 0 Å². The molecule has 1 aromatic heterocycles. The van der Waals surface area contributed by atoms with Crippen LogP contribution in [0.15, 0.2) is 22.7 Å². The van der Waals surface area contributed by atoms with Crippen molar-refractivity contribution in [1.29, 1.82) is 0 Å². The molecule has 1 aromatic carbocycles. The minimum absolute atomic E-state index is 0.165. The van der Waals surface area contributed by atoms with Gasteiger partial charge in [-0.3, -0.25) is 9.36 Å². The Morgan fingerprint density at radius 2 is 1.76 bits per heavy atom. The average Bonchev–Trinajstić information content (AvgIpc) is 3.44. The predicted octanol–water partition coefficient (Wildman–Crippen LogP) is 4.16. The molecule has 3 aliphatic heterocycles. The van der Waals surface area contributed by atoms with Crippen molar-refractivity contribution in [1.82, 2.24) is 19.7 Å². The highest BCUT2D eigenvalue weighted by molar-refractivity contribution is 9.10. The Morgan fingerprint density at radius 1 is 1.00 bits per heavy atom. The molecule has 33 heavy (non-hydrogen) atoms. The average molecular weight is 515 g/mol. The van der Waals surface area contributed by atoms with E-state index in [4.69, 9.17) is 14.6 Å². The molecule has 4 aliphatic rings. The number of aromatic nitrogens is 3. The molecule has 0 N–H and O–H groups in total. The number of benzene rings is 1.